The third kappa shape index (κ3) is 7.39. The summed E-state index contributed by atoms with van der Waals surface area (Å²) in [4.78, 5) is 2.40. The molecule has 0 saturated heterocycles. The summed E-state index contributed by atoms with van der Waals surface area (Å²) < 4.78 is 4.83. The van der Waals surface area contributed by atoms with Gasteiger partial charge < -0.3 is 14.0 Å². The Hall–Kier alpha value is -8.40. The first-order chi connectivity index (χ1) is 34.2. The van der Waals surface area contributed by atoms with E-state index in [2.05, 4.69) is 257 Å². The van der Waals surface area contributed by atoms with Crippen LogP contribution in [0.4, 0.5) is 17.1 Å². The summed E-state index contributed by atoms with van der Waals surface area (Å²) in [6.07, 6.45) is 6.63. The van der Waals surface area contributed by atoms with Crippen molar-refractivity contribution < 1.29 is 0 Å². The highest BCUT2D eigenvalue weighted by Gasteiger charge is 2.20. The first-order valence-corrected chi connectivity index (χ1v) is 24.6. The molecule has 2 aromatic heterocycles. The number of para-hydroxylation sites is 2. The maximum atomic E-state index is 2.43. The molecule has 0 amide bonds. The Morgan fingerprint density at radius 1 is 0.290 bits per heavy atom. The van der Waals surface area contributed by atoms with Crippen molar-refractivity contribution in [1.29, 1.82) is 0 Å². The number of rotatable bonds is 9. The maximum absolute atomic E-state index is 2.43. The second-order valence-electron chi connectivity index (χ2n) is 18.8. The van der Waals surface area contributed by atoms with E-state index in [1.807, 2.05) is 0 Å². The molecular formula is C66H51N3. The number of nitrogens with zero attached hydrogens (tertiary/aromatic N) is 3. The van der Waals surface area contributed by atoms with Crippen LogP contribution in [0.2, 0.25) is 0 Å². The van der Waals surface area contributed by atoms with Crippen LogP contribution >= 0.6 is 0 Å². The summed E-state index contributed by atoms with van der Waals surface area (Å²) >= 11 is 0. The minimum Gasteiger partial charge on any atom is -0.311 e. The van der Waals surface area contributed by atoms with Crippen molar-refractivity contribution in [1.82, 2.24) is 9.13 Å². The largest absolute Gasteiger partial charge is 0.311 e. The molecule has 1 saturated carbocycles. The minimum absolute atomic E-state index is 0.666. The zero-order valence-electron chi connectivity index (χ0n) is 38.5. The van der Waals surface area contributed by atoms with Gasteiger partial charge in [-0.1, -0.05) is 165 Å². The molecule has 3 heteroatoms. The van der Waals surface area contributed by atoms with Crippen molar-refractivity contribution in [2.75, 3.05) is 4.90 Å². The van der Waals surface area contributed by atoms with Gasteiger partial charge in [0, 0.05) is 50.0 Å². The highest BCUT2D eigenvalue weighted by Crippen LogP contribution is 2.42. The van der Waals surface area contributed by atoms with E-state index < -0.39 is 0 Å². The fourth-order valence-electron chi connectivity index (χ4n) is 11.3. The molecule has 0 N–H and O–H groups in total. The Morgan fingerprint density at radius 2 is 0.652 bits per heavy atom. The van der Waals surface area contributed by atoms with Crippen molar-refractivity contribution in [3.63, 3.8) is 0 Å². The second-order valence-corrected chi connectivity index (χ2v) is 18.8. The van der Waals surface area contributed by atoms with E-state index in [9.17, 15) is 0 Å². The van der Waals surface area contributed by atoms with E-state index in [4.69, 9.17) is 0 Å². The Balaban J connectivity index is 0.862. The minimum atomic E-state index is 0.666. The third-order valence-electron chi connectivity index (χ3n) is 14.7. The van der Waals surface area contributed by atoms with Crippen molar-refractivity contribution in [3.8, 4) is 44.8 Å². The summed E-state index contributed by atoms with van der Waals surface area (Å²) in [5, 5.41) is 4.99. The van der Waals surface area contributed by atoms with Gasteiger partial charge >= 0.3 is 0 Å². The van der Waals surface area contributed by atoms with Gasteiger partial charge in [-0.3, -0.25) is 0 Å². The van der Waals surface area contributed by atoms with Crippen LogP contribution in [0.5, 0.6) is 0 Å². The lowest BCUT2D eigenvalue weighted by Gasteiger charge is -2.27. The maximum Gasteiger partial charge on any atom is 0.0541 e. The Kier molecular flexibility index (Phi) is 10.3. The lowest BCUT2D eigenvalue weighted by atomic mass is 9.84. The van der Waals surface area contributed by atoms with Crippen molar-refractivity contribution in [3.05, 3.63) is 248 Å². The van der Waals surface area contributed by atoms with E-state index in [0.717, 1.165) is 22.7 Å². The van der Waals surface area contributed by atoms with Crippen LogP contribution in [-0.4, -0.2) is 9.13 Å². The lowest BCUT2D eigenvalue weighted by molar-refractivity contribution is 0.443. The summed E-state index contributed by atoms with van der Waals surface area (Å²) in [6, 6.07) is 89.4. The van der Waals surface area contributed by atoms with Crippen LogP contribution in [0, 0.1) is 0 Å². The highest BCUT2D eigenvalue weighted by molar-refractivity contribution is 6.12. The van der Waals surface area contributed by atoms with Gasteiger partial charge in [0.05, 0.1) is 22.1 Å². The van der Waals surface area contributed by atoms with Crippen LogP contribution in [0.3, 0.4) is 0 Å². The van der Waals surface area contributed by atoms with E-state index in [1.54, 1.807) is 0 Å². The Labute approximate surface area is 403 Å². The van der Waals surface area contributed by atoms with Gasteiger partial charge in [0.25, 0.3) is 0 Å². The molecule has 2 heterocycles. The zero-order valence-corrected chi connectivity index (χ0v) is 38.5. The predicted molar refractivity (Wildman–Crippen MR) is 292 cm³/mol. The first kappa shape index (κ1) is 40.8. The molecule has 0 spiro atoms. The van der Waals surface area contributed by atoms with Crippen molar-refractivity contribution in [2.45, 2.75) is 38.0 Å². The number of fused-ring (bicyclic) bond motifs is 6. The first-order valence-electron chi connectivity index (χ1n) is 24.6. The number of hydrogen-bond donors (Lipinski definition) is 0. The average Bonchev–Trinajstić information content (AvgIpc) is 3.94. The Bertz CT molecular complexity index is 3760. The molecule has 0 bridgehead atoms. The molecule has 0 radical (unpaired) electrons. The third-order valence-corrected chi connectivity index (χ3v) is 14.7. The average molecular weight is 886 g/mol. The molecule has 0 atom stereocenters. The Morgan fingerprint density at radius 3 is 1.14 bits per heavy atom. The molecule has 10 aromatic carbocycles. The summed E-state index contributed by atoms with van der Waals surface area (Å²) in [5.41, 5.74) is 19.3. The fourth-order valence-corrected chi connectivity index (χ4v) is 11.3. The normalized spacial score (nSPS) is 13.2. The molecule has 0 unspecified atom stereocenters. The molecule has 330 valence electrons. The number of benzene rings is 10. The zero-order chi connectivity index (χ0) is 45.7. The van der Waals surface area contributed by atoms with Crippen molar-refractivity contribution in [2.24, 2.45) is 0 Å². The highest BCUT2D eigenvalue weighted by atomic mass is 15.1. The van der Waals surface area contributed by atoms with E-state index in [1.165, 1.54) is 120 Å². The van der Waals surface area contributed by atoms with E-state index >= 15 is 0 Å². The standard InChI is InChI=1S/C66H51N3/c1-4-14-46(15-5-1)49-24-32-54(33-25-49)67(55-34-26-50(27-35-55)47-16-6-2-7-17-47)56-38-40-58(41-39-56)69-64-23-13-11-21-60(64)62-45-53(31-43-66(62)69)52-30-42-65-61(44-52)59-20-10-12-22-63(59)68(65)57-36-28-51(29-37-57)48-18-8-3-9-19-48/h1,3-5,8-15,18-45,47H,2,6-7,16-17H2. The van der Waals surface area contributed by atoms with Crippen LogP contribution in [-0.2, 0) is 0 Å². The van der Waals surface area contributed by atoms with Gasteiger partial charge in [-0.25, -0.2) is 0 Å². The lowest BCUT2D eigenvalue weighted by Crippen LogP contribution is -2.11. The second kappa shape index (κ2) is 17.4. The monoisotopic (exact) mass is 885 g/mol. The molecule has 12 aromatic rings. The predicted octanol–water partition coefficient (Wildman–Crippen LogP) is 18.4. The SMILES string of the molecule is c1ccc(-c2ccc(N(c3ccc(C4CCCCC4)cc3)c3ccc(-n4c5ccccc5c5cc(-c6ccc7c(c6)c6ccccc6n7-c6ccc(-c7ccccc7)cc6)ccc54)cc3)cc2)cc1. The molecule has 1 aliphatic rings. The van der Waals surface area contributed by atoms with Gasteiger partial charge in [0.15, 0.2) is 0 Å². The van der Waals surface area contributed by atoms with Gasteiger partial charge in [-0.05, 0) is 155 Å². The van der Waals surface area contributed by atoms with Crippen LogP contribution < -0.4 is 4.90 Å². The van der Waals surface area contributed by atoms with E-state index in [0.29, 0.717) is 5.92 Å². The molecular weight excluding hydrogens is 835 g/mol. The van der Waals surface area contributed by atoms with Gasteiger partial charge in [-0.15, -0.1) is 0 Å². The summed E-state index contributed by atoms with van der Waals surface area (Å²) in [6.45, 7) is 0. The summed E-state index contributed by atoms with van der Waals surface area (Å²) in [7, 11) is 0. The quantitative estimate of drug-likeness (QED) is 0.141. The van der Waals surface area contributed by atoms with Crippen LogP contribution in [0.25, 0.3) is 88.4 Å². The van der Waals surface area contributed by atoms with E-state index in [-0.39, 0.29) is 0 Å². The smallest absolute Gasteiger partial charge is 0.0541 e. The number of anilines is 3. The molecule has 3 nitrogen and oxygen atoms in total. The molecule has 1 fully saturated rings. The molecule has 13 rings (SSSR count). The molecule has 0 aliphatic heterocycles. The van der Waals surface area contributed by atoms with Gasteiger partial charge in [-0.2, -0.15) is 0 Å². The summed E-state index contributed by atoms with van der Waals surface area (Å²) in [5.74, 6) is 0.666. The van der Waals surface area contributed by atoms with Crippen molar-refractivity contribution >= 4 is 60.7 Å². The van der Waals surface area contributed by atoms with Gasteiger partial charge in [0.2, 0.25) is 0 Å². The number of hydrogen-bond acceptors (Lipinski definition) is 1. The van der Waals surface area contributed by atoms with Crippen LogP contribution in [0.15, 0.2) is 243 Å². The molecule has 1 aliphatic carbocycles. The topological polar surface area (TPSA) is 13.1 Å². The molecule has 69 heavy (non-hydrogen) atoms. The number of aromatic nitrogens is 2. The van der Waals surface area contributed by atoms with Gasteiger partial charge in [0.1, 0.15) is 0 Å². The fraction of sp³-hybridized carbons (Fsp3) is 0.0909. The van der Waals surface area contributed by atoms with Crippen LogP contribution in [0.1, 0.15) is 43.6 Å².